The lowest BCUT2D eigenvalue weighted by Crippen LogP contribution is -2.40. The lowest BCUT2D eigenvalue weighted by atomic mass is 10.2. The topological polar surface area (TPSA) is 128 Å². The van der Waals surface area contributed by atoms with Crippen molar-refractivity contribution >= 4 is 21.8 Å². The van der Waals surface area contributed by atoms with Crippen LogP contribution in [0.3, 0.4) is 0 Å². The second-order valence-electron chi connectivity index (χ2n) is 6.59. The Balaban J connectivity index is 1.52. The fraction of sp³-hybridized carbons (Fsp3) is 0.300. The number of benzene rings is 2. The van der Waals surface area contributed by atoms with Gasteiger partial charge in [-0.1, -0.05) is 24.3 Å². The Morgan fingerprint density at radius 3 is 2.40 bits per heavy atom. The number of rotatable bonds is 8. The maximum atomic E-state index is 12.6. The van der Waals surface area contributed by atoms with Gasteiger partial charge in [0.1, 0.15) is 5.75 Å². The van der Waals surface area contributed by atoms with Crippen LogP contribution in [-0.2, 0) is 26.1 Å². The molecule has 1 fully saturated rings. The van der Waals surface area contributed by atoms with Crippen LogP contribution >= 0.6 is 0 Å². The van der Waals surface area contributed by atoms with E-state index in [1.165, 1.54) is 22.5 Å². The molecule has 160 valence electrons. The molecule has 2 aromatic carbocycles. The molecule has 1 heterocycles. The number of carbonyl (C=O) groups is 2. The second-order valence-corrected chi connectivity index (χ2v) is 8.52. The normalized spacial score (nSPS) is 14.8. The van der Waals surface area contributed by atoms with E-state index >= 15 is 0 Å². The van der Waals surface area contributed by atoms with Crippen LogP contribution in [0.4, 0.5) is 0 Å². The Kier molecular flexibility index (Phi) is 7.03. The molecule has 2 amide bonds. The fourth-order valence-electron chi connectivity index (χ4n) is 2.91. The van der Waals surface area contributed by atoms with Gasteiger partial charge in [-0.25, -0.2) is 8.42 Å². The summed E-state index contributed by atoms with van der Waals surface area (Å²) in [6.45, 7) is 1.36. The van der Waals surface area contributed by atoms with Crippen LogP contribution in [0.25, 0.3) is 0 Å². The van der Waals surface area contributed by atoms with Crippen LogP contribution in [0.1, 0.15) is 15.9 Å². The summed E-state index contributed by atoms with van der Waals surface area (Å²) in [4.78, 5) is 23.6. The minimum atomic E-state index is -3.55. The molecular weight excluding hydrogens is 410 g/mol. The van der Waals surface area contributed by atoms with E-state index in [-0.39, 0.29) is 35.3 Å². The van der Waals surface area contributed by atoms with Crippen molar-refractivity contribution in [3.05, 3.63) is 59.7 Å². The monoisotopic (exact) mass is 433 g/mol. The summed E-state index contributed by atoms with van der Waals surface area (Å²) in [5.74, 6) is -0.796. The third kappa shape index (κ3) is 5.35. The minimum Gasteiger partial charge on any atom is -0.483 e. The molecule has 1 aliphatic rings. The predicted octanol–water partition coefficient (Wildman–Crippen LogP) is 0.502. The second kappa shape index (κ2) is 9.70. The average molecular weight is 433 g/mol. The van der Waals surface area contributed by atoms with Crippen molar-refractivity contribution in [3.63, 3.8) is 0 Å². The average Bonchev–Trinajstić information content (AvgIpc) is 2.77. The first-order valence-corrected chi connectivity index (χ1v) is 10.8. The molecule has 0 unspecified atom stereocenters. The van der Waals surface area contributed by atoms with E-state index in [1.54, 1.807) is 30.3 Å². The summed E-state index contributed by atoms with van der Waals surface area (Å²) >= 11 is 0. The Bertz CT molecular complexity index is 1000. The van der Waals surface area contributed by atoms with Gasteiger partial charge in [0, 0.05) is 19.6 Å². The van der Waals surface area contributed by atoms with Gasteiger partial charge in [-0.05, 0) is 29.8 Å². The summed E-state index contributed by atoms with van der Waals surface area (Å²) in [7, 11) is -3.55. The van der Waals surface area contributed by atoms with Crippen molar-refractivity contribution in [2.45, 2.75) is 11.4 Å². The van der Waals surface area contributed by atoms with Gasteiger partial charge in [0.15, 0.2) is 6.61 Å². The SMILES string of the molecule is NC(=O)c1ccccc1OCC(=O)NCc1ccc(S(=O)(=O)N2CCOCC2)cc1. The summed E-state index contributed by atoms with van der Waals surface area (Å²) in [5, 5.41) is 2.68. The number of nitrogens with one attached hydrogen (secondary N) is 1. The molecule has 3 N–H and O–H groups in total. The molecule has 0 atom stereocenters. The van der Waals surface area contributed by atoms with Crippen molar-refractivity contribution in [2.24, 2.45) is 5.73 Å². The Hall–Kier alpha value is -2.95. The highest BCUT2D eigenvalue weighted by Gasteiger charge is 2.26. The number of sulfonamides is 1. The Morgan fingerprint density at radius 1 is 1.07 bits per heavy atom. The van der Waals surface area contributed by atoms with Crippen molar-refractivity contribution in [1.82, 2.24) is 9.62 Å². The highest BCUT2D eigenvalue weighted by Crippen LogP contribution is 2.18. The summed E-state index contributed by atoms with van der Waals surface area (Å²) in [5.41, 5.74) is 6.21. The van der Waals surface area contributed by atoms with Gasteiger partial charge >= 0.3 is 0 Å². The predicted molar refractivity (Wildman–Crippen MR) is 108 cm³/mol. The quantitative estimate of drug-likeness (QED) is 0.624. The molecule has 3 rings (SSSR count). The van der Waals surface area contributed by atoms with Gasteiger partial charge in [0.2, 0.25) is 10.0 Å². The standard InChI is InChI=1S/C20H23N3O6S/c21-20(25)17-3-1-2-4-18(17)29-14-19(24)22-13-15-5-7-16(8-6-15)30(26,27)23-9-11-28-12-10-23/h1-8H,9-14H2,(H2,21,25)(H,22,24). The lowest BCUT2D eigenvalue weighted by Gasteiger charge is -2.26. The molecule has 9 nitrogen and oxygen atoms in total. The summed E-state index contributed by atoms with van der Waals surface area (Å²) < 4.78 is 37.2. The third-order valence-electron chi connectivity index (χ3n) is 4.53. The molecule has 0 spiro atoms. The highest BCUT2D eigenvalue weighted by atomic mass is 32.2. The smallest absolute Gasteiger partial charge is 0.258 e. The molecule has 1 aliphatic heterocycles. The highest BCUT2D eigenvalue weighted by molar-refractivity contribution is 7.89. The maximum Gasteiger partial charge on any atom is 0.258 e. The lowest BCUT2D eigenvalue weighted by molar-refractivity contribution is -0.123. The van der Waals surface area contributed by atoms with Gasteiger partial charge < -0.3 is 20.5 Å². The number of carbonyl (C=O) groups excluding carboxylic acids is 2. The van der Waals surface area contributed by atoms with Crippen molar-refractivity contribution in [2.75, 3.05) is 32.9 Å². The van der Waals surface area contributed by atoms with Crippen LogP contribution in [-0.4, -0.2) is 57.4 Å². The van der Waals surface area contributed by atoms with Gasteiger partial charge in [-0.3, -0.25) is 9.59 Å². The zero-order valence-electron chi connectivity index (χ0n) is 16.2. The first-order valence-electron chi connectivity index (χ1n) is 9.33. The first-order chi connectivity index (χ1) is 14.4. The number of nitrogens with zero attached hydrogens (tertiary/aromatic N) is 1. The van der Waals surface area contributed by atoms with Gasteiger partial charge in [-0.2, -0.15) is 4.31 Å². The van der Waals surface area contributed by atoms with Crippen LogP contribution in [0.15, 0.2) is 53.4 Å². The van der Waals surface area contributed by atoms with Crippen molar-refractivity contribution < 1.29 is 27.5 Å². The van der Waals surface area contributed by atoms with Gasteiger partial charge in [0.25, 0.3) is 11.8 Å². The van der Waals surface area contributed by atoms with E-state index in [2.05, 4.69) is 5.32 Å². The van der Waals surface area contributed by atoms with Crippen LogP contribution < -0.4 is 15.8 Å². The molecule has 2 aromatic rings. The molecule has 0 bridgehead atoms. The number of hydrogen-bond acceptors (Lipinski definition) is 6. The number of para-hydroxylation sites is 1. The Morgan fingerprint density at radius 2 is 1.73 bits per heavy atom. The van der Waals surface area contributed by atoms with Crippen molar-refractivity contribution in [3.8, 4) is 5.75 Å². The third-order valence-corrected chi connectivity index (χ3v) is 6.45. The first kappa shape index (κ1) is 21.8. The molecule has 10 heteroatoms. The maximum absolute atomic E-state index is 12.6. The van der Waals surface area contributed by atoms with Crippen LogP contribution in [0, 0.1) is 0 Å². The van der Waals surface area contributed by atoms with Gasteiger partial charge in [0.05, 0.1) is 23.7 Å². The molecule has 0 aromatic heterocycles. The number of amides is 2. The number of morpholine rings is 1. The zero-order valence-corrected chi connectivity index (χ0v) is 17.1. The van der Waals surface area contributed by atoms with Crippen LogP contribution in [0.2, 0.25) is 0 Å². The van der Waals surface area contributed by atoms with E-state index < -0.39 is 15.9 Å². The molecule has 0 aliphatic carbocycles. The summed E-state index contributed by atoms with van der Waals surface area (Å²) in [6.07, 6.45) is 0. The van der Waals surface area contributed by atoms with Crippen molar-refractivity contribution in [1.29, 1.82) is 0 Å². The minimum absolute atomic E-state index is 0.197. The van der Waals surface area contributed by atoms with E-state index in [9.17, 15) is 18.0 Å². The molecule has 0 saturated carbocycles. The van der Waals surface area contributed by atoms with E-state index in [4.69, 9.17) is 15.2 Å². The van der Waals surface area contributed by atoms with Gasteiger partial charge in [-0.15, -0.1) is 0 Å². The number of ether oxygens (including phenoxy) is 2. The zero-order chi connectivity index (χ0) is 21.6. The molecular formula is C20H23N3O6S. The largest absolute Gasteiger partial charge is 0.483 e. The number of nitrogens with two attached hydrogens (primary N) is 1. The fourth-order valence-corrected chi connectivity index (χ4v) is 4.31. The number of primary amides is 1. The Labute approximate surface area is 174 Å². The van der Waals surface area contributed by atoms with E-state index in [1.807, 2.05) is 0 Å². The number of hydrogen-bond donors (Lipinski definition) is 2. The molecule has 0 radical (unpaired) electrons. The molecule has 30 heavy (non-hydrogen) atoms. The summed E-state index contributed by atoms with van der Waals surface area (Å²) in [6, 6.07) is 12.7. The van der Waals surface area contributed by atoms with E-state index in [0.717, 1.165) is 5.56 Å². The van der Waals surface area contributed by atoms with Crippen LogP contribution in [0.5, 0.6) is 5.75 Å². The molecule has 1 saturated heterocycles. The van der Waals surface area contributed by atoms with E-state index in [0.29, 0.717) is 26.3 Å².